The molecular weight excluding hydrogens is 476 g/mol. The molecule has 1 saturated heterocycles. The number of Topliss-reactive ketones (excluding diaryl/α,β-unsaturated/α-hetero) is 1. The second-order valence-corrected chi connectivity index (χ2v) is 9.63. The minimum absolute atomic E-state index is 0.0346. The summed E-state index contributed by atoms with van der Waals surface area (Å²) >= 11 is 1.32. The summed E-state index contributed by atoms with van der Waals surface area (Å²) in [5.74, 6) is -0.900. The van der Waals surface area contributed by atoms with Gasteiger partial charge in [-0.05, 0) is 61.4 Å². The Morgan fingerprint density at radius 3 is 2.47 bits per heavy atom. The largest absolute Gasteiger partial charge is 0.507 e. The Hall–Kier alpha value is -4.17. The molecule has 3 aromatic carbocycles. The highest BCUT2D eigenvalue weighted by Crippen LogP contribution is 2.45. The Kier molecular flexibility index (Phi) is 5.97. The van der Waals surface area contributed by atoms with Crippen LogP contribution in [0.1, 0.15) is 28.3 Å². The van der Waals surface area contributed by atoms with Crippen molar-refractivity contribution in [2.45, 2.75) is 19.9 Å². The van der Waals surface area contributed by atoms with Crippen LogP contribution in [0.25, 0.3) is 16.0 Å². The zero-order valence-electron chi connectivity index (χ0n) is 20.2. The summed E-state index contributed by atoms with van der Waals surface area (Å²) in [7, 11) is 3.03. The molecule has 182 valence electrons. The fraction of sp³-hybridized carbons (Fsp3) is 0.179. The van der Waals surface area contributed by atoms with E-state index in [9.17, 15) is 14.7 Å². The lowest BCUT2D eigenvalue weighted by Crippen LogP contribution is -2.29. The van der Waals surface area contributed by atoms with Crippen LogP contribution in [0.3, 0.4) is 0 Å². The molecule has 2 heterocycles. The van der Waals surface area contributed by atoms with Gasteiger partial charge in [0.15, 0.2) is 5.13 Å². The molecule has 0 bridgehead atoms. The molecule has 7 nitrogen and oxygen atoms in total. The number of hydrogen-bond donors (Lipinski definition) is 1. The minimum Gasteiger partial charge on any atom is -0.507 e. The number of carbonyl (C=O) groups excluding carboxylic acids is 2. The monoisotopic (exact) mass is 500 g/mol. The third kappa shape index (κ3) is 3.89. The van der Waals surface area contributed by atoms with Crippen molar-refractivity contribution in [3.05, 3.63) is 88.5 Å². The topological polar surface area (TPSA) is 89.0 Å². The number of anilines is 1. The average Bonchev–Trinajstić information content (AvgIpc) is 3.41. The number of hydrogen-bond acceptors (Lipinski definition) is 7. The molecule has 5 rings (SSSR count). The Bertz CT molecular complexity index is 1550. The molecule has 1 amide bonds. The van der Waals surface area contributed by atoms with Crippen LogP contribution in [0.5, 0.6) is 11.5 Å². The number of benzene rings is 3. The Morgan fingerprint density at radius 1 is 0.972 bits per heavy atom. The van der Waals surface area contributed by atoms with Crippen molar-refractivity contribution in [1.29, 1.82) is 0 Å². The lowest BCUT2D eigenvalue weighted by Gasteiger charge is -2.23. The summed E-state index contributed by atoms with van der Waals surface area (Å²) in [6.07, 6.45) is 0. The van der Waals surface area contributed by atoms with Gasteiger partial charge < -0.3 is 14.6 Å². The molecular formula is C28H24N2O5S. The number of ketones is 1. The van der Waals surface area contributed by atoms with E-state index < -0.39 is 17.7 Å². The highest BCUT2D eigenvalue weighted by atomic mass is 32.1. The molecule has 1 aromatic heterocycles. The van der Waals surface area contributed by atoms with E-state index in [4.69, 9.17) is 9.47 Å². The summed E-state index contributed by atoms with van der Waals surface area (Å²) in [5.41, 5.74) is 3.57. The molecule has 1 fully saturated rings. The van der Waals surface area contributed by atoms with Crippen molar-refractivity contribution in [3.63, 3.8) is 0 Å². The number of aliphatic hydroxyl groups is 1. The van der Waals surface area contributed by atoms with Gasteiger partial charge in [0.05, 0.1) is 41.6 Å². The number of fused-ring (bicyclic) bond motifs is 1. The molecule has 0 aliphatic carbocycles. The maximum absolute atomic E-state index is 13.5. The van der Waals surface area contributed by atoms with Crippen LogP contribution in [-0.2, 0) is 9.59 Å². The van der Waals surface area contributed by atoms with Crippen LogP contribution >= 0.6 is 11.3 Å². The van der Waals surface area contributed by atoms with Crippen molar-refractivity contribution in [2.24, 2.45) is 0 Å². The lowest BCUT2D eigenvalue weighted by molar-refractivity contribution is -0.132. The van der Waals surface area contributed by atoms with Gasteiger partial charge in [0.1, 0.15) is 17.3 Å². The van der Waals surface area contributed by atoms with Crippen molar-refractivity contribution >= 4 is 44.1 Å². The first-order valence-electron chi connectivity index (χ1n) is 11.3. The molecule has 4 aromatic rings. The van der Waals surface area contributed by atoms with Crippen LogP contribution in [0.2, 0.25) is 0 Å². The van der Waals surface area contributed by atoms with E-state index in [-0.39, 0.29) is 11.3 Å². The summed E-state index contributed by atoms with van der Waals surface area (Å²) in [5, 5.41) is 11.9. The number of aryl methyl sites for hydroxylation is 2. The van der Waals surface area contributed by atoms with Crippen molar-refractivity contribution < 1.29 is 24.2 Å². The number of carbonyl (C=O) groups is 2. The van der Waals surface area contributed by atoms with E-state index in [1.807, 2.05) is 38.1 Å². The molecule has 1 N–H and O–H groups in total. The van der Waals surface area contributed by atoms with Crippen LogP contribution in [0, 0.1) is 13.8 Å². The van der Waals surface area contributed by atoms with Gasteiger partial charge in [-0.15, -0.1) is 0 Å². The normalized spacial score (nSPS) is 17.1. The van der Waals surface area contributed by atoms with Gasteiger partial charge in [-0.1, -0.05) is 41.2 Å². The molecule has 0 radical (unpaired) electrons. The fourth-order valence-corrected chi connectivity index (χ4v) is 5.52. The Labute approximate surface area is 212 Å². The van der Waals surface area contributed by atoms with E-state index in [1.165, 1.54) is 23.3 Å². The average molecular weight is 501 g/mol. The van der Waals surface area contributed by atoms with Crippen LogP contribution in [0.4, 0.5) is 5.13 Å². The summed E-state index contributed by atoms with van der Waals surface area (Å²) in [4.78, 5) is 33.0. The maximum Gasteiger partial charge on any atom is 0.301 e. The first kappa shape index (κ1) is 23.6. The minimum atomic E-state index is -0.910. The van der Waals surface area contributed by atoms with Crippen LogP contribution < -0.4 is 14.4 Å². The van der Waals surface area contributed by atoms with E-state index in [2.05, 4.69) is 4.98 Å². The first-order valence-corrected chi connectivity index (χ1v) is 12.1. The third-order valence-electron chi connectivity index (χ3n) is 6.20. The number of ether oxygens (including phenoxy) is 2. The molecule has 1 atom stereocenters. The highest BCUT2D eigenvalue weighted by Gasteiger charge is 2.48. The summed E-state index contributed by atoms with van der Waals surface area (Å²) in [6, 6.07) is 17.3. The number of rotatable bonds is 5. The number of aromatic nitrogens is 1. The van der Waals surface area contributed by atoms with Crippen LogP contribution in [-0.4, -0.2) is 36.0 Å². The standard InChI is InChI=1S/C28H24N2O5S/c1-15-9-11-21(35-4)19(12-15)25(31)23-24(17-6-5-7-18(14-17)34-3)30(27(33)26(23)32)28-29-20-10-8-16(2)13-22(20)36-28/h5-14,24,31H,1-4H3/b25-23+. The van der Waals surface area contributed by atoms with E-state index in [0.29, 0.717) is 27.8 Å². The molecule has 36 heavy (non-hydrogen) atoms. The molecule has 1 aliphatic rings. The fourth-order valence-electron chi connectivity index (χ4n) is 4.43. The molecule has 1 unspecified atom stereocenters. The quantitative estimate of drug-likeness (QED) is 0.219. The van der Waals surface area contributed by atoms with Gasteiger partial charge in [0, 0.05) is 0 Å². The predicted octanol–water partition coefficient (Wildman–Crippen LogP) is 5.56. The predicted molar refractivity (Wildman–Crippen MR) is 140 cm³/mol. The van der Waals surface area contributed by atoms with Crippen LogP contribution in [0.15, 0.2) is 66.2 Å². The molecule has 0 spiro atoms. The van der Waals surface area contributed by atoms with Gasteiger partial charge in [-0.25, -0.2) is 4.98 Å². The summed E-state index contributed by atoms with van der Waals surface area (Å²) < 4.78 is 11.8. The van der Waals surface area contributed by atoms with Gasteiger partial charge >= 0.3 is 5.91 Å². The van der Waals surface area contributed by atoms with Gasteiger partial charge in [-0.3, -0.25) is 14.5 Å². The number of thiazole rings is 1. The number of amides is 1. The lowest BCUT2D eigenvalue weighted by atomic mass is 9.94. The zero-order valence-corrected chi connectivity index (χ0v) is 21.1. The second kappa shape index (κ2) is 9.13. The zero-order chi connectivity index (χ0) is 25.6. The SMILES string of the molecule is COc1cccc(C2/C(=C(\O)c3cc(C)ccc3OC)C(=O)C(=O)N2c2nc3ccc(C)cc3s2)c1. The smallest absolute Gasteiger partial charge is 0.301 e. The summed E-state index contributed by atoms with van der Waals surface area (Å²) in [6.45, 7) is 3.86. The number of methoxy groups -OCH3 is 2. The van der Waals surface area contributed by atoms with Gasteiger partial charge in [-0.2, -0.15) is 0 Å². The van der Waals surface area contributed by atoms with Crippen molar-refractivity contribution in [2.75, 3.05) is 19.1 Å². The molecule has 0 saturated carbocycles. The maximum atomic E-state index is 13.5. The molecule has 1 aliphatic heterocycles. The molecule has 8 heteroatoms. The number of aliphatic hydroxyl groups excluding tert-OH is 1. The highest BCUT2D eigenvalue weighted by molar-refractivity contribution is 7.22. The van der Waals surface area contributed by atoms with E-state index in [1.54, 1.807) is 43.5 Å². The van der Waals surface area contributed by atoms with E-state index in [0.717, 1.165) is 21.3 Å². The Balaban J connectivity index is 1.77. The van der Waals surface area contributed by atoms with Gasteiger partial charge in [0.25, 0.3) is 5.78 Å². The van der Waals surface area contributed by atoms with Gasteiger partial charge in [0.2, 0.25) is 0 Å². The number of nitrogens with zero attached hydrogens (tertiary/aromatic N) is 2. The Morgan fingerprint density at radius 2 is 1.72 bits per heavy atom. The van der Waals surface area contributed by atoms with Crippen molar-refractivity contribution in [3.8, 4) is 11.5 Å². The first-order chi connectivity index (χ1) is 17.3. The second-order valence-electron chi connectivity index (χ2n) is 8.62. The third-order valence-corrected chi connectivity index (χ3v) is 7.22. The van der Waals surface area contributed by atoms with E-state index >= 15 is 0 Å². The van der Waals surface area contributed by atoms with Crippen molar-refractivity contribution in [1.82, 2.24) is 4.98 Å².